The number of amides is 2. The van der Waals surface area contributed by atoms with Crippen molar-refractivity contribution in [2.24, 2.45) is 11.3 Å². The maximum Gasteiger partial charge on any atom is 0.235 e. The van der Waals surface area contributed by atoms with Crippen LogP contribution < -0.4 is 10.2 Å². The van der Waals surface area contributed by atoms with Crippen LogP contribution in [-0.4, -0.2) is 57.0 Å². The molecule has 2 atom stereocenters. The number of carbonyl (C=O) groups excluding carboxylic acids is 2. The van der Waals surface area contributed by atoms with Gasteiger partial charge in [0.2, 0.25) is 11.8 Å². The SMILES string of the molecule is CC1C(=O)N(Cc2cc3c(-c4cc(Cl)cc5c4N(C4CCNC4)CCC5)ncnn3c2)C(=O)C1(C)C. The minimum atomic E-state index is -0.695. The van der Waals surface area contributed by atoms with Gasteiger partial charge in [-0.05, 0) is 55.1 Å². The van der Waals surface area contributed by atoms with Gasteiger partial charge in [-0.15, -0.1) is 0 Å². The number of nitrogens with zero attached hydrogens (tertiary/aromatic N) is 5. The van der Waals surface area contributed by atoms with Crippen molar-refractivity contribution in [3.05, 3.63) is 46.9 Å². The number of likely N-dealkylation sites (tertiary alicyclic amines) is 1. The zero-order valence-corrected chi connectivity index (χ0v) is 21.7. The highest BCUT2D eigenvalue weighted by molar-refractivity contribution is 6.31. The quantitative estimate of drug-likeness (QED) is 0.543. The first kappa shape index (κ1) is 23.4. The number of fused-ring (bicyclic) bond motifs is 2. The zero-order valence-electron chi connectivity index (χ0n) is 20.9. The largest absolute Gasteiger partial charge is 0.366 e. The van der Waals surface area contributed by atoms with Crippen molar-refractivity contribution >= 4 is 34.6 Å². The maximum absolute atomic E-state index is 13.0. The average molecular weight is 507 g/mol. The van der Waals surface area contributed by atoms with E-state index in [1.54, 1.807) is 10.8 Å². The van der Waals surface area contributed by atoms with Crippen molar-refractivity contribution in [1.29, 1.82) is 0 Å². The normalized spacial score (nSPS) is 23.7. The molecular weight excluding hydrogens is 476 g/mol. The molecule has 5 heterocycles. The Hall–Kier alpha value is -2.97. The Morgan fingerprint density at radius 2 is 2.06 bits per heavy atom. The predicted octanol–water partition coefficient (Wildman–Crippen LogP) is 3.70. The number of imide groups is 1. The standard InChI is InChI=1S/C27H31ClN6O2/c1-16-25(35)33(26(36)27(16,2)3)13-17-9-22-23(30-15-31-34(22)14-17)21-11-19(28)10-18-5-4-8-32(24(18)21)20-6-7-29-12-20/h9-11,14-16,20,29H,4-8,12-13H2,1-3H3. The van der Waals surface area contributed by atoms with E-state index in [1.165, 1.54) is 16.2 Å². The molecule has 1 N–H and O–H groups in total. The smallest absolute Gasteiger partial charge is 0.235 e. The van der Waals surface area contributed by atoms with Crippen LogP contribution in [0.15, 0.2) is 30.7 Å². The van der Waals surface area contributed by atoms with Crippen LogP contribution in [0.25, 0.3) is 16.8 Å². The van der Waals surface area contributed by atoms with Crippen LogP contribution in [0.2, 0.25) is 5.02 Å². The topological polar surface area (TPSA) is 82.8 Å². The molecule has 2 fully saturated rings. The van der Waals surface area contributed by atoms with Crippen LogP contribution in [0.3, 0.4) is 0 Å². The summed E-state index contributed by atoms with van der Waals surface area (Å²) in [6, 6.07) is 6.53. The number of hydrogen-bond donors (Lipinski definition) is 1. The summed E-state index contributed by atoms with van der Waals surface area (Å²) in [5.41, 5.74) is 5.26. The maximum atomic E-state index is 13.0. The number of halogens is 1. The van der Waals surface area contributed by atoms with Crippen LogP contribution >= 0.6 is 11.6 Å². The van der Waals surface area contributed by atoms with Crippen LogP contribution in [-0.2, 0) is 22.6 Å². The molecule has 3 aromatic rings. The minimum absolute atomic E-state index is 0.128. The first-order chi connectivity index (χ1) is 17.3. The van der Waals surface area contributed by atoms with E-state index >= 15 is 0 Å². The summed E-state index contributed by atoms with van der Waals surface area (Å²) in [5.74, 6) is -0.603. The molecule has 0 bridgehead atoms. The Morgan fingerprint density at radius 1 is 1.22 bits per heavy atom. The minimum Gasteiger partial charge on any atom is -0.366 e. The average Bonchev–Trinajstić information content (AvgIpc) is 3.57. The third-order valence-electron chi connectivity index (χ3n) is 8.33. The Balaban J connectivity index is 1.43. The Bertz CT molecular complexity index is 1380. The highest BCUT2D eigenvalue weighted by atomic mass is 35.5. The molecule has 2 aromatic heterocycles. The fourth-order valence-electron chi connectivity index (χ4n) is 5.97. The van der Waals surface area contributed by atoms with Crippen LogP contribution in [0.1, 0.15) is 44.7 Å². The number of anilines is 1. The van der Waals surface area contributed by atoms with Crippen LogP contribution in [0, 0.1) is 11.3 Å². The van der Waals surface area contributed by atoms with E-state index in [4.69, 9.17) is 16.6 Å². The van der Waals surface area contributed by atoms with Gasteiger partial charge in [-0.1, -0.05) is 32.4 Å². The van der Waals surface area contributed by atoms with Gasteiger partial charge in [0, 0.05) is 47.5 Å². The lowest BCUT2D eigenvalue weighted by Crippen LogP contribution is -2.40. The first-order valence-corrected chi connectivity index (χ1v) is 13.1. The molecule has 2 amide bonds. The van der Waals surface area contributed by atoms with E-state index in [-0.39, 0.29) is 24.3 Å². The van der Waals surface area contributed by atoms with E-state index in [1.807, 2.05) is 39.1 Å². The number of hydrogen-bond acceptors (Lipinski definition) is 6. The summed E-state index contributed by atoms with van der Waals surface area (Å²) in [4.78, 5) is 34.4. The highest BCUT2D eigenvalue weighted by Crippen LogP contribution is 2.42. The van der Waals surface area contributed by atoms with E-state index in [0.717, 1.165) is 61.2 Å². The number of benzene rings is 1. The van der Waals surface area contributed by atoms with E-state index in [0.29, 0.717) is 11.1 Å². The Morgan fingerprint density at radius 3 is 2.78 bits per heavy atom. The fraction of sp³-hybridized carbons (Fsp3) is 0.481. The molecule has 3 aliphatic heterocycles. The van der Waals surface area contributed by atoms with Crippen molar-refractivity contribution in [2.75, 3.05) is 24.5 Å². The number of carbonyl (C=O) groups is 2. The summed E-state index contributed by atoms with van der Waals surface area (Å²) in [7, 11) is 0. The molecule has 8 nitrogen and oxygen atoms in total. The van der Waals surface area contributed by atoms with Crippen LogP contribution in [0.5, 0.6) is 0 Å². The highest BCUT2D eigenvalue weighted by Gasteiger charge is 2.50. The molecule has 9 heteroatoms. The van der Waals surface area contributed by atoms with Crippen molar-refractivity contribution in [3.63, 3.8) is 0 Å². The number of aromatic nitrogens is 3. The molecule has 1 aromatic carbocycles. The molecular formula is C27H31ClN6O2. The lowest BCUT2D eigenvalue weighted by atomic mass is 9.82. The Labute approximate surface area is 215 Å². The molecule has 36 heavy (non-hydrogen) atoms. The van der Waals surface area contributed by atoms with Gasteiger partial charge >= 0.3 is 0 Å². The van der Waals surface area contributed by atoms with Gasteiger partial charge in [-0.3, -0.25) is 14.5 Å². The van der Waals surface area contributed by atoms with Crippen molar-refractivity contribution in [2.45, 2.75) is 52.6 Å². The van der Waals surface area contributed by atoms with Crippen molar-refractivity contribution in [1.82, 2.24) is 24.8 Å². The van der Waals surface area contributed by atoms with Crippen molar-refractivity contribution in [3.8, 4) is 11.3 Å². The third kappa shape index (κ3) is 3.61. The molecule has 0 radical (unpaired) electrons. The second kappa shape index (κ2) is 8.56. The lowest BCUT2D eigenvalue weighted by molar-refractivity contribution is -0.141. The van der Waals surface area contributed by atoms with E-state index < -0.39 is 5.41 Å². The summed E-state index contributed by atoms with van der Waals surface area (Å²) in [5, 5.41) is 8.63. The molecule has 6 rings (SSSR count). The summed E-state index contributed by atoms with van der Waals surface area (Å²) < 4.78 is 1.79. The fourth-order valence-corrected chi connectivity index (χ4v) is 6.21. The lowest BCUT2D eigenvalue weighted by Gasteiger charge is -2.37. The second-order valence-electron chi connectivity index (χ2n) is 10.9. The molecule has 0 aliphatic carbocycles. The van der Waals surface area contributed by atoms with Gasteiger partial charge in [0.05, 0.1) is 23.2 Å². The molecule has 0 saturated carbocycles. The molecule has 3 aliphatic rings. The molecule has 188 valence electrons. The van der Waals surface area contributed by atoms with E-state index in [9.17, 15) is 9.59 Å². The monoisotopic (exact) mass is 506 g/mol. The predicted molar refractivity (Wildman–Crippen MR) is 139 cm³/mol. The summed E-state index contributed by atoms with van der Waals surface area (Å²) in [6.07, 6.45) is 6.64. The van der Waals surface area contributed by atoms with E-state index in [2.05, 4.69) is 21.4 Å². The molecule has 2 unspecified atom stereocenters. The van der Waals surface area contributed by atoms with Crippen molar-refractivity contribution < 1.29 is 9.59 Å². The number of aryl methyl sites for hydroxylation is 1. The van der Waals surface area contributed by atoms with Gasteiger partial charge in [-0.25, -0.2) is 9.50 Å². The Kier molecular flexibility index (Phi) is 5.57. The van der Waals surface area contributed by atoms with Gasteiger partial charge in [-0.2, -0.15) is 5.10 Å². The second-order valence-corrected chi connectivity index (χ2v) is 11.3. The first-order valence-electron chi connectivity index (χ1n) is 12.7. The number of rotatable bonds is 4. The summed E-state index contributed by atoms with van der Waals surface area (Å²) in [6.45, 7) is 8.74. The zero-order chi connectivity index (χ0) is 25.2. The van der Waals surface area contributed by atoms with Gasteiger partial charge in [0.15, 0.2) is 0 Å². The number of nitrogens with one attached hydrogen (secondary N) is 1. The molecule has 2 saturated heterocycles. The van der Waals surface area contributed by atoms with Gasteiger partial charge < -0.3 is 10.2 Å². The third-order valence-corrected chi connectivity index (χ3v) is 8.55. The van der Waals surface area contributed by atoms with Crippen LogP contribution in [0.4, 0.5) is 5.69 Å². The molecule has 0 spiro atoms. The van der Waals surface area contributed by atoms with Gasteiger partial charge in [0.25, 0.3) is 0 Å². The summed E-state index contributed by atoms with van der Waals surface area (Å²) >= 11 is 6.62. The van der Waals surface area contributed by atoms with Gasteiger partial charge in [0.1, 0.15) is 6.33 Å².